The topological polar surface area (TPSA) is 50.4 Å². The molecule has 2 N–H and O–H groups in total. The molecule has 2 aromatic rings. The minimum absolute atomic E-state index is 0.325. The van der Waals surface area contributed by atoms with Crippen molar-refractivity contribution in [1.82, 2.24) is 0 Å². The maximum atomic E-state index is 11.6. The maximum Gasteiger partial charge on any atom is 0.338 e. The lowest BCUT2D eigenvalue weighted by Crippen LogP contribution is -2.19. The Labute approximate surface area is 154 Å². The van der Waals surface area contributed by atoms with Gasteiger partial charge in [0.1, 0.15) is 0 Å². The third-order valence-corrected chi connectivity index (χ3v) is 3.97. The minimum Gasteiger partial charge on any atom is -0.462 e. The predicted octanol–water partition coefficient (Wildman–Crippen LogP) is 4.59. The number of nitrogens with one attached hydrogen (secondary N) is 2. The highest BCUT2D eigenvalue weighted by Crippen LogP contribution is 2.18. The van der Waals surface area contributed by atoms with E-state index in [0.717, 1.165) is 16.9 Å². The molecule has 0 atom stereocenters. The van der Waals surface area contributed by atoms with Crippen molar-refractivity contribution in [3.63, 3.8) is 0 Å². The van der Waals surface area contributed by atoms with E-state index in [4.69, 9.17) is 17.0 Å². The number of thiocarbonyl (C=S) groups is 1. The van der Waals surface area contributed by atoms with Crippen molar-refractivity contribution in [2.24, 2.45) is 0 Å². The Morgan fingerprint density at radius 2 is 1.87 bits per heavy atom. The fraction of sp³-hybridized carbons (Fsp3) is 0.176. The summed E-state index contributed by atoms with van der Waals surface area (Å²) in [6.07, 6.45) is 0. The van der Waals surface area contributed by atoms with Crippen LogP contribution in [0.1, 0.15) is 22.8 Å². The highest BCUT2D eigenvalue weighted by Gasteiger charge is 2.06. The zero-order chi connectivity index (χ0) is 16.8. The number of hydrogen-bond donors (Lipinski definition) is 2. The molecule has 0 aliphatic rings. The van der Waals surface area contributed by atoms with E-state index in [2.05, 4.69) is 39.3 Å². The Balaban J connectivity index is 1.98. The highest BCUT2D eigenvalue weighted by molar-refractivity contribution is 14.1. The van der Waals surface area contributed by atoms with Crippen molar-refractivity contribution >= 4 is 57.3 Å². The van der Waals surface area contributed by atoms with Gasteiger partial charge in [-0.05, 0) is 96.7 Å². The molecule has 0 saturated carbocycles. The summed E-state index contributed by atoms with van der Waals surface area (Å²) in [4.78, 5) is 11.6. The van der Waals surface area contributed by atoms with Gasteiger partial charge in [0.15, 0.2) is 5.11 Å². The maximum absolute atomic E-state index is 11.6. The first-order valence-electron chi connectivity index (χ1n) is 7.11. The van der Waals surface area contributed by atoms with Gasteiger partial charge < -0.3 is 15.4 Å². The van der Waals surface area contributed by atoms with Gasteiger partial charge in [0.25, 0.3) is 0 Å². The van der Waals surface area contributed by atoms with Crippen LogP contribution in [0, 0.1) is 10.5 Å². The summed E-state index contributed by atoms with van der Waals surface area (Å²) >= 11 is 7.60. The number of benzene rings is 2. The van der Waals surface area contributed by atoms with Crippen molar-refractivity contribution in [2.75, 3.05) is 17.2 Å². The van der Waals surface area contributed by atoms with E-state index in [9.17, 15) is 4.79 Å². The third kappa shape index (κ3) is 5.18. The van der Waals surface area contributed by atoms with Gasteiger partial charge in [-0.25, -0.2) is 4.79 Å². The summed E-state index contributed by atoms with van der Waals surface area (Å²) < 4.78 is 6.13. The number of ether oxygens (including phenoxy) is 1. The molecule has 0 aliphatic heterocycles. The van der Waals surface area contributed by atoms with E-state index in [1.807, 2.05) is 19.1 Å². The van der Waals surface area contributed by atoms with E-state index < -0.39 is 0 Å². The smallest absolute Gasteiger partial charge is 0.338 e. The molecule has 0 unspecified atom stereocenters. The first kappa shape index (κ1) is 17.7. The van der Waals surface area contributed by atoms with Crippen LogP contribution in [0.15, 0.2) is 42.5 Å². The number of hydrogen-bond acceptors (Lipinski definition) is 3. The number of carbonyl (C=O) groups excluding carboxylic acids is 1. The lowest BCUT2D eigenvalue weighted by molar-refractivity contribution is 0.0526. The molecule has 0 aliphatic carbocycles. The lowest BCUT2D eigenvalue weighted by Gasteiger charge is -2.13. The summed E-state index contributed by atoms with van der Waals surface area (Å²) in [6, 6.07) is 13.1. The molecule has 0 bridgehead atoms. The summed E-state index contributed by atoms with van der Waals surface area (Å²) in [5, 5.41) is 6.76. The molecule has 0 fully saturated rings. The average Bonchev–Trinajstić information content (AvgIpc) is 2.51. The number of aryl methyl sites for hydroxylation is 1. The largest absolute Gasteiger partial charge is 0.462 e. The first-order chi connectivity index (χ1) is 11.0. The number of esters is 1. The molecule has 0 radical (unpaired) electrons. The van der Waals surface area contributed by atoms with Gasteiger partial charge in [-0.2, -0.15) is 0 Å². The fourth-order valence-electron chi connectivity index (χ4n) is 1.96. The zero-order valence-corrected chi connectivity index (χ0v) is 15.8. The van der Waals surface area contributed by atoms with E-state index in [0.29, 0.717) is 17.3 Å². The van der Waals surface area contributed by atoms with Crippen LogP contribution >= 0.6 is 34.8 Å². The van der Waals surface area contributed by atoms with Crippen LogP contribution in [0.2, 0.25) is 0 Å². The van der Waals surface area contributed by atoms with E-state index in [-0.39, 0.29) is 5.97 Å². The summed E-state index contributed by atoms with van der Waals surface area (Å²) in [5.74, 6) is -0.325. The fourth-order valence-corrected chi connectivity index (χ4v) is 2.83. The van der Waals surface area contributed by atoms with Crippen molar-refractivity contribution in [3.05, 3.63) is 57.2 Å². The normalized spacial score (nSPS) is 10.0. The monoisotopic (exact) mass is 440 g/mol. The quantitative estimate of drug-likeness (QED) is 0.414. The van der Waals surface area contributed by atoms with E-state index >= 15 is 0 Å². The van der Waals surface area contributed by atoms with Gasteiger partial charge in [0.2, 0.25) is 0 Å². The molecular formula is C17H17IN2O2S. The minimum atomic E-state index is -0.325. The van der Waals surface area contributed by atoms with Crippen LogP contribution in [-0.4, -0.2) is 17.7 Å². The van der Waals surface area contributed by atoms with Crippen LogP contribution in [0.5, 0.6) is 0 Å². The van der Waals surface area contributed by atoms with Gasteiger partial charge in [-0.1, -0.05) is 0 Å². The average molecular weight is 440 g/mol. The number of carbonyl (C=O) groups is 1. The van der Waals surface area contributed by atoms with Crippen LogP contribution < -0.4 is 10.6 Å². The van der Waals surface area contributed by atoms with Gasteiger partial charge in [-0.3, -0.25) is 0 Å². The van der Waals surface area contributed by atoms with Crippen molar-refractivity contribution in [3.8, 4) is 0 Å². The summed E-state index contributed by atoms with van der Waals surface area (Å²) in [7, 11) is 0. The van der Waals surface area contributed by atoms with Crippen molar-refractivity contribution < 1.29 is 9.53 Å². The van der Waals surface area contributed by atoms with Crippen LogP contribution in [-0.2, 0) is 4.74 Å². The zero-order valence-electron chi connectivity index (χ0n) is 12.9. The molecule has 0 amide bonds. The molecule has 23 heavy (non-hydrogen) atoms. The van der Waals surface area contributed by atoms with Crippen LogP contribution in [0.3, 0.4) is 0 Å². The highest BCUT2D eigenvalue weighted by atomic mass is 127. The number of rotatable bonds is 4. The lowest BCUT2D eigenvalue weighted by atomic mass is 10.2. The number of halogens is 1. The molecule has 0 spiro atoms. The second-order valence-corrected chi connectivity index (χ2v) is 6.49. The Bertz CT molecular complexity index is 717. The molecule has 2 aromatic carbocycles. The van der Waals surface area contributed by atoms with Gasteiger partial charge in [-0.15, -0.1) is 0 Å². The first-order valence-corrected chi connectivity index (χ1v) is 8.59. The molecule has 0 aromatic heterocycles. The Hall–Kier alpha value is -1.67. The molecule has 6 heteroatoms. The standard InChI is InChI=1S/C17H17IN2O2S/c1-3-22-16(21)12-4-7-14(8-5-12)19-17(23)20-15-9-6-13(18)10-11(15)2/h4-10H,3H2,1-2H3,(H2,19,20,23). The molecule has 120 valence electrons. The van der Waals surface area contributed by atoms with Gasteiger partial charge in [0.05, 0.1) is 12.2 Å². The second kappa shape index (κ2) is 8.26. The molecule has 4 nitrogen and oxygen atoms in total. The third-order valence-electron chi connectivity index (χ3n) is 3.09. The Morgan fingerprint density at radius 1 is 1.17 bits per heavy atom. The summed E-state index contributed by atoms with van der Waals surface area (Å²) in [6.45, 7) is 4.17. The SMILES string of the molecule is CCOC(=O)c1ccc(NC(=S)Nc2ccc(I)cc2C)cc1. The van der Waals surface area contributed by atoms with E-state index in [1.54, 1.807) is 31.2 Å². The Morgan fingerprint density at radius 3 is 2.48 bits per heavy atom. The van der Waals surface area contributed by atoms with E-state index in [1.165, 1.54) is 3.57 Å². The molecule has 0 heterocycles. The van der Waals surface area contributed by atoms with Gasteiger partial charge >= 0.3 is 5.97 Å². The van der Waals surface area contributed by atoms with Crippen LogP contribution in [0.25, 0.3) is 0 Å². The Kier molecular flexibility index (Phi) is 6.35. The van der Waals surface area contributed by atoms with Crippen molar-refractivity contribution in [2.45, 2.75) is 13.8 Å². The molecule has 2 rings (SSSR count). The number of anilines is 2. The van der Waals surface area contributed by atoms with Crippen molar-refractivity contribution in [1.29, 1.82) is 0 Å². The predicted molar refractivity (Wildman–Crippen MR) is 106 cm³/mol. The molecule has 0 saturated heterocycles. The molecular weight excluding hydrogens is 423 g/mol. The second-order valence-electron chi connectivity index (χ2n) is 4.84. The van der Waals surface area contributed by atoms with Crippen LogP contribution in [0.4, 0.5) is 11.4 Å². The van der Waals surface area contributed by atoms with Gasteiger partial charge in [0, 0.05) is 14.9 Å². The summed E-state index contributed by atoms with van der Waals surface area (Å²) in [5.41, 5.74) is 3.41.